The summed E-state index contributed by atoms with van der Waals surface area (Å²) >= 11 is 3.38. The predicted molar refractivity (Wildman–Crippen MR) is 60.7 cm³/mol. The Morgan fingerprint density at radius 2 is 2.36 bits per heavy atom. The molecule has 0 aliphatic carbocycles. The van der Waals surface area contributed by atoms with Crippen molar-refractivity contribution >= 4 is 27.4 Å². The summed E-state index contributed by atoms with van der Waals surface area (Å²) in [6.45, 7) is 2.02. The van der Waals surface area contributed by atoms with Crippen molar-refractivity contribution in [3.8, 4) is 0 Å². The first-order valence-electron chi connectivity index (χ1n) is 4.27. The minimum Gasteiger partial charge on any atom is -0.366 e. The minimum absolute atomic E-state index is 0.882. The summed E-state index contributed by atoms with van der Waals surface area (Å²) in [5, 5.41) is 3.22. The van der Waals surface area contributed by atoms with E-state index in [1.54, 1.807) is 6.20 Å². The quantitative estimate of drug-likeness (QED) is 0.861. The maximum Gasteiger partial charge on any atom is 0.133 e. The van der Waals surface area contributed by atoms with E-state index < -0.39 is 0 Å². The van der Waals surface area contributed by atoms with Gasteiger partial charge in [0.2, 0.25) is 0 Å². The van der Waals surface area contributed by atoms with Gasteiger partial charge in [-0.2, -0.15) is 0 Å². The number of nitrogens with zero attached hydrogens (tertiary/aromatic N) is 1. The van der Waals surface area contributed by atoms with Crippen molar-refractivity contribution in [2.45, 2.75) is 6.92 Å². The van der Waals surface area contributed by atoms with Gasteiger partial charge in [-0.05, 0) is 40.5 Å². The predicted octanol–water partition coefficient (Wildman–Crippen LogP) is 3.22. The lowest BCUT2D eigenvalue weighted by Gasteiger charge is -2.06. The second kappa shape index (κ2) is 3.84. The van der Waals surface area contributed by atoms with Crippen LogP contribution in [0.3, 0.4) is 0 Å². The molecule has 0 bridgehead atoms. The van der Waals surface area contributed by atoms with E-state index in [0.717, 1.165) is 21.5 Å². The van der Waals surface area contributed by atoms with Crippen LogP contribution in [-0.4, -0.2) is 9.97 Å². The Labute approximate surface area is 90.7 Å². The van der Waals surface area contributed by atoms with E-state index >= 15 is 0 Å². The first-order valence-corrected chi connectivity index (χ1v) is 5.07. The van der Waals surface area contributed by atoms with Crippen LogP contribution in [0.25, 0.3) is 0 Å². The number of pyridine rings is 1. The number of aryl methyl sites for hydroxylation is 1. The molecule has 0 fully saturated rings. The zero-order chi connectivity index (χ0) is 9.97. The molecular weight excluding hydrogens is 242 g/mol. The Bertz CT molecular complexity index is 423. The van der Waals surface area contributed by atoms with E-state index in [9.17, 15) is 0 Å². The summed E-state index contributed by atoms with van der Waals surface area (Å²) in [5.74, 6) is 0.882. The van der Waals surface area contributed by atoms with Crippen molar-refractivity contribution in [1.29, 1.82) is 0 Å². The molecular formula is C10H10BrN3. The van der Waals surface area contributed by atoms with Gasteiger partial charge in [0.25, 0.3) is 0 Å². The zero-order valence-electron chi connectivity index (χ0n) is 7.71. The maximum absolute atomic E-state index is 4.28. The summed E-state index contributed by atoms with van der Waals surface area (Å²) in [6, 6.07) is 3.99. The fourth-order valence-corrected chi connectivity index (χ4v) is 1.66. The number of anilines is 2. The van der Waals surface area contributed by atoms with E-state index in [0.29, 0.717) is 0 Å². The topological polar surface area (TPSA) is 40.7 Å². The average molecular weight is 252 g/mol. The van der Waals surface area contributed by atoms with Crippen LogP contribution in [0.1, 0.15) is 5.56 Å². The number of nitrogens with one attached hydrogen (secondary N) is 2. The lowest BCUT2D eigenvalue weighted by molar-refractivity contribution is 1.24. The highest BCUT2D eigenvalue weighted by molar-refractivity contribution is 9.10. The van der Waals surface area contributed by atoms with E-state index in [2.05, 4.69) is 31.2 Å². The van der Waals surface area contributed by atoms with Gasteiger partial charge in [-0.3, -0.25) is 0 Å². The first-order chi connectivity index (χ1) is 6.75. The molecule has 0 unspecified atom stereocenters. The van der Waals surface area contributed by atoms with Gasteiger partial charge in [0.05, 0.1) is 5.69 Å². The fourth-order valence-electron chi connectivity index (χ4n) is 1.21. The molecule has 0 aliphatic rings. The maximum atomic E-state index is 4.28. The molecule has 0 aliphatic heterocycles. The molecule has 0 saturated heterocycles. The fraction of sp³-hybridized carbons (Fsp3) is 0.100. The van der Waals surface area contributed by atoms with Crippen molar-refractivity contribution in [1.82, 2.24) is 9.97 Å². The summed E-state index contributed by atoms with van der Waals surface area (Å²) < 4.78 is 0.995. The minimum atomic E-state index is 0.882. The number of hydrogen-bond acceptors (Lipinski definition) is 2. The number of aromatic nitrogens is 2. The molecule has 0 radical (unpaired) electrons. The molecule has 0 saturated carbocycles. The number of rotatable bonds is 2. The molecule has 0 spiro atoms. The number of aromatic amines is 1. The molecule has 72 valence electrons. The van der Waals surface area contributed by atoms with Crippen LogP contribution >= 0.6 is 15.9 Å². The Morgan fingerprint density at radius 3 is 3.00 bits per heavy atom. The van der Waals surface area contributed by atoms with Gasteiger partial charge in [0.1, 0.15) is 5.82 Å². The second-order valence-electron chi connectivity index (χ2n) is 3.04. The number of H-pyrrole nitrogens is 1. The van der Waals surface area contributed by atoms with E-state index in [1.807, 2.05) is 31.5 Å². The van der Waals surface area contributed by atoms with Gasteiger partial charge < -0.3 is 10.3 Å². The largest absolute Gasteiger partial charge is 0.366 e. The third-order valence-electron chi connectivity index (χ3n) is 1.91. The van der Waals surface area contributed by atoms with E-state index in [4.69, 9.17) is 0 Å². The van der Waals surface area contributed by atoms with Crippen molar-refractivity contribution in [3.05, 3.63) is 40.8 Å². The van der Waals surface area contributed by atoms with Gasteiger partial charge in [0.15, 0.2) is 0 Å². The van der Waals surface area contributed by atoms with Crippen molar-refractivity contribution < 1.29 is 0 Å². The van der Waals surface area contributed by atoms with Crippen LogP contribution < -0.4 is 5.32 Å². The van der Waals surface area contributed by atoms with Crippen LogP contribution in [0.4, 0.5) is 11.5 Å². The van der Waals surface area contributed by atoms with E-state index in [-0.39, 0.29) is 0 Å². The summed E-state index contributed by atoms with van der Waals surface area (Å²) in [6.07, 6.45) is 5.54. The lowest BCUT2D eigenvalue weighted by atomic mass is 10.3. The highest BCUT2D eigenvalue weighted by atomic mass is 79.9. The molecule has 3 nitrogen and oxygen atoms in total. The van der Waals surface area contributed by atoms with Crippen LogP contribution in [0, 0.1) is 6.92 Å². The summed E-state index contributed by atoms with van der Waals surface area (Å²) in [4.78, 5) is 7.26. The Kier molecular flexibility index (Phi) is 2.54. The molecule has 0 atom stereocenters. The standard InChI is InChI=1S/C10H10BrN3/c1-7-4-8(11)5-13-10(7)14-9-2-3-12-6-9/h2-6,12H,1H3,(H,13,14). The molecule has 2 aromatic heterocycles. The summed E-state index contributed by atoms with van der Waals surface area (Å²) in [5.41, 5.74) is 2.13. The Hall–Kier alpha value is -1.29. The molecule has 4 heteroatoms. The smallest absolute Gasteiger partial charge is 0.133 e. The molecule has 0 amide bonds. The molecule has 2 heterocycles. The van der Waals surface area contributed by atoms with Crippen LogP contribution in [0.2, 0.25) is 0 Å². The van der Waals surface area contributed by atoms with Crippen molar-refractivity contribution in [2.24, 2.45) is 0 Å². The van der Waals surface area contributed by atoms with Gasteiger partial charge in [-0.15, -0.1) is 0 Å². The average Bonchev–Trinajstić information content (AvgIpc) is 2.62. The highest BCUT2D eigenvalue weighted by Gasteiger charge is 2.00. The normalized spacial score (nSPS) is 10.1. The Morgan fingerprint density at radius 1 is 1.50 bits per heavy atom. The summed E-state index contributed by atoms with van der Waals surface area (Å²) in [7, 11) is 0. The highest BCUT2D eigenvalue weighted by Crippen LogP contribution is 2.20. The van der Waals surface area contributed by atoms with Crippen molar-refractivity contribution in [3.63, 3.8) is 0 Å². The van der Waals surface area contributed by atoms with Crippen LogP contribution in [0.5, 0.6) is 0 Å². The van der Waals surface area contributed by atoms with Gasteiger partial charge >= 0.3 is 0 Å². The molecule has 2 N–H and O–H groups in total. The first kappa shape index (κ1) is 9.27. The van der Waals surface area contributed by atoms with Crippen LogP contribution in [0.15, 0.2) is 35.2 Å². The molecule has 2 aromatic rings. The number of hydrogen-bond donors (Lipinski definition) is 2. The Balaban J connectivity index is 2.25. The monoisotopic (exact) mass is 251 g/mol. The number of halogens is 1. The van der Waals surface area contributed by atoms with Gasteiger partial charge in [-0.1, -0.05) is 0 Å². The zero-order valence-corrected chi connectivity index (χ0v) is 9.30. The third kappa shape index (κ3) is 1.96. The van der Waals surface area contributed by atoms with Gasteiger partial charge in [-0.25, -0.2) is 4.98 Å². The second-order valence-corrected chi connectivity index (χ2v) is 3.96. The van der Waals surface area contributed by atoms with Crippen LogP contribution in [-0.2, 0) is 0 Å². The lowest BCUT2D eigenvalue weighted by Crippen LogP contribution is -1.94. The van der Waals surface area contributed by atoms with Gasteiger partial charge in [0, 0.05) is 23.1 Å². The molecule has 2 rings (SSSR count). The molecule has 14 heavy (non-hydrogen) atoms. The SMILES string of the molecule is Cc1cc(Br)cnc1Nc1cc[nH]c1. The van der Waals surface area contributed by atoms with Crippen molar-refractivity contribution in [2.75, 3.05) is 5.32 Å². The van der Waals surface area contributed by atoms with E-state index in [1.165, 1.54) is 0 Å². The molecule has 0 aromatic carbocycles. The third-order valence-corrected chi connectivity index (χ3v) is 2.34.